The molecular weight excluding hydrogens is 280 g/mol. The van der Waals surface area contributed by atoms with E-state index in [2.05, 4.69) is 10.3 Å². The highest BCUT2D eigenvalue weighted by Crippen LogP contribution is 2.23. The molecule has 6 heteroatoms. The second-order valence-electron chi connectivity index (χ2n) is 5.62. The van der Waals surface area contributed by atoms with Crippen molar-refractivity contribution in [2.75, 3.05) is 20.3 Å². The van der Waals surface area contributed by atoms with E-state index < -0.39 is 6.04 Å². The van der Waals surface area contributed by atoms with Crippen molar-refractivity contribution in [3.8, 4) is 0 Å². The molecule has 0 bridgehead atoms. The van der Waals surface area contributed by atoms with Crippen molar-refractivity contribution in [1.29, 1.82) is 0 Å². The standard InChI is InChI=1S/C14H21ClN2O3/c1-14(2,3)11-5-9(6-12(15)17-11)13(19)16-10(7-18)8-20-4/h5-6,10,18H,7-8H2,1-4H3,(H,16,19). The summed E-state index contributed by atoms with van der Waals surface area (Å²) in [7, 11) is 1.51. The zero-order valence-corrected chi connectivity index (χ0v) is 13.0. The van der Waals surface area contributed by atoms with Gasteiger partial charge in [-0.2, -0.15) is 0 Å². The number of amides is 1. The van der Waals surface area contributed by atoms with E-state index in [4.69, 9.17) is 21.4 Å². The van der Waals surface area contributed by atoms with Crippen LogP contribution in [0.1, 0.15) is 36.8 Å². The van der Waals surface area contributed by atoms with Crippen molar-refractivity contribution in [3.05, 3.63) is 28.5 Å². The van der Waals surface area contributed by atoms with Crippen LogP contribution < -0.4 is 5.32 Å². The summed E-state index contributed by atoms with van der Waals surface area (Å²) in [5.74, 6) is -0.309. The average Bonchev–Trinajstić information content (AvgIpc) is 2.36. The quantitative estimate of drug-likeness (QED) is 0.813. The molecule has 1 aromatic rings. The molecule has 0 aliphatic carbocycles. The Labute approximate surface area is 124 Å². The molecule has 1 aromatic heterocycles. The van der Waals surface area contributed by atoms with Crippen molar-refractivity contribution in [3.63, 3.8) is 0 Å². The van der Waals surface area contributed by atoms with E-state index in [0.717, 1.165) is 5.69 Å². The van der Waals surface area contributed by atoms with Gasteiger partial charge in [0, 0.05) is 23.8 Å². The van der Waals surface area contributed by atoms with Crippen LogP contribution in [-0.4, -0.2) is 42.4 Å². The van der Waals surface area contributed by atoms with Crippen LogP contribution in [0, 0.1) is 0 Å². The summed E-state index contributed by atoms with van der Waals surface area (Å²) >= 11 is 5.97. The number of aliphatic hydroxyl groups is 1. The van der Waals surface area contributed by atoms with Crippen LogP contribution in [0.3, 0.4) is 0 Å². The normalized spacial score (nSPS) is 13.1. The van der Waals surface area contributed by atoms with Crippen LogP contribution in [0.4, 0.5) is 0 Å². The molecule has 5 nitrogen and oxygen atoms in total. The summed E-state index contributed by atoms with van der Waals surface area (Å²) in [5, 5.41) is 12.1. The molecule has 1 atom stereocenters. The molecule has 0 aliphatic heterocycles. The number of aliphatic hydroxyl groups excluding tert-OH is 1. The largest absolute Gasteiger partial charge is 0.394 e. The molecule has 2 N–H and O–H groups in total. The van der Waals surface area contributed by atoms with Crippen molar-refractivity contribution in [2.45, 2.75) is 32.2 Å². The zero-order chi connectivity index (χ0) is 15.3. The van der Waals surface area contributed by atoms with Crippen LogP contribution in [0.5, 0.6) is 0 Å². The highest BCUT2D eigenvalue weighted by molar-refractivity contribution is 6.29. The van der Waals surface area contributed by atoms with E-state index in [1.807, 2.05) is 20.8 Å². The molecular formula is C14H21ClN2O3. The summed E-state index contributed by atoms with van der Waals surface area (Å²) in [5.41, 5.74) is 0.954. The number of pyridine rings is 1. The first-order valence-electron chi connectivity index (χ1n) is 6.36. The van der Waals surface area contributed by atoms with Crippen LogP contribution in [0.2, 0.25) is 5.15 Å². The fourth-order valence-corrected chi connectivity index (χ4v) is 1.83. The molecule has 1 amide bonds. The Kier molecular flexibility index (Phi) is 5.92. The van der Waals surface area contributed by atoms with Crippen molar-refractivity contribution >= 4 is 17.5 Å². The highest BCUT2D eigenvalue weighted by Gasteiger charge is 2.20. The lowest BCUT2D eigenvalue weighted by atomic mass is 9.91. The number of rotatable bonds is 5. The molecule has 0 saturated heterocycles. The van der Waals surface area contributed by atoms with Gasteiger partial charge >= 0.3 is 0 Å². The fraction of sp³-hybridized carbons (Fsp3) is 0.571. The number of carbonyl (C=O) groups excluding carboxylic acids is 1. The lowest BCUT2D eigenvalue weighted by molar-refractivity contribution is 0.0839. The minimum absolute atomic E-state index is 0.190. The second kappa shape index (κ2) is 7.02. The Balaban J connectivity index is 2.96. The van der Waals surface area contributed by atoms with Crippen molar-refractivity contribution in [2.24, 2.45) is 0 Å². The number of ether oxygens (including phenoxy) is 1. The maximum absolute atomic E-state index is 12.2. The predicted molar refractivity (Wildman–Crippen MR) is 78.2 cm³/mol. The molecule has 0 spiro atoms. The first kappa shape index (κ1) is 16.9. The van der Waals surface area contributed by atoms with E-state index in [0.29, 0.717) is 5.56 Å². The molecule has 0 radical (unpaired) electrons. The average molecular weight is 301 g/mol. The summed E-state index contributed by atoms with van der Waals surface area (Å²) in [6, 6.07) is 2.77. The van der Waals surface area contributed by atoms with Crippen molar-refractivity contribution < 1.29 is 14.6 Å². The van der Waals surface area contributed by atoms with Gasteiger partial charge in [-0.05, 0) is 12.1 Å². The first-order valence-corrected chi connectivity index (χ1v) is 6.74. The third-order valence-electron chi connectivity index (χ3n) is 2.75. The summed E-state index contributed by atoms with van der Waals surface area (Å²) in [6.45, 7) is 6.04. The van der Waals surface area contributed by atoms with Gasteiger partial charge < -0.3 is 15.2 Å². The summed E-state index contributed by atoms with van der Waals surface area (Å²) in [4.78, 5) is 16.4. The topological polar surface area (TPSA) is 71.5 Å². The molecule has 1 unspecified atom stereocenters. The number of hydrogen-bond donors (Lipinski definition) is 2. The van der Waals surface area contributed by atoms with Gasteiger partial charge in [0.2, 0.25) is 0 Å². The van der Waals surface area contributed by atoms with Gasteiger partial charge in [-0.25, -0.2) is 4.98 Å². The number of nitrogens with one attached hydrogen (secondary N) is 1. The Morgan fingerprint density at radius 3 is 2.65 bits per heavy atom. The van der Waals surface area contributed by atoms with E-state index >= 15 is 0 Å². The lowest BCUT2D eigenvalue weighted by Crippen LogP contribution is -2.40. The third kappa shape index (κ3) is 4.74. The van der Waals surface area contributed by atoms with Gasteiger partial charge in [0.15, 0.2) is 0 Å². The van der Waals surface area contributed by atoms with Crippen LogP contribution in [0.25, 0.3) is 0 Å². The summed E-state index contributed by atoms with van der Waals surface area (Å²) in [6.07, 6.45) is 0. The third-order valence-corrected chi connectivity index (χ3v) is 2.94. The number of aromatic nitrogens is 1. The van der Waals surface area contributed by atoms with E-state index in [1.165, 1.54) is 13.2 Å². The number of nitrogens with zero attached hydrogens (tertiary/aromatic N) is 1. The SMILES string of the molecule is COCC(CO)NC(=O)c1cc(Cl)nc(C(C)(C)C)c1. The molecule has 20 heavy (non-hydrogen) atoms. The van der Waals surface area contributed by atoms with Gasteiger partial charge in [-0.3, -0.25) is 4.79 Å². The molecule has 1 rings (SSSR count). The highest BCUT2D eigenvalue weighted by atomic mass is 35.5. The monoisotopic (exact) mass is 300 g/mol. The molecule has 1 heterocycles. The molecule has 0 saturated carbocycles. The maximum Gasteiger partial charge on any atom is 0.251 e. The van der Waals surface area contributed by atoms with E-state index in [1.54, 1.807) is 6.07 Å². The number of carbonyl (C=O) groups is 1. The Morgan fingerprint density at radius 2 is 2.15 bits per heavy atom. The zero-order valence-electron chi connectivity index (χ0n) is 12.2. The molecule has 112 valence electrons. The second-order valence-corrected chi connectivity index (χ2v) is 6.01. The van der Waals surface area contributed by atoms with Crippen LogP contribution in [-0.2, 0) is 10.2 Å². The van der Waals surface area contributed by atoms with Crippen molar-refractivity contribution in [1.82, 2.24) is 10.3 Å². The van der Waals surface area contributed by atoms with Gasteiger partial charge in [0.25, 0.3) is 5.91 Å². The molecule has 0 fully saturated rings. The predicted octanol–water partition coefficient (Wildman–Crippen LogP) is 1.77. The number of halogens is 1. The van der Waals surface area contributed by atoms with Gasteiger partial charge in [0.05, 0.1) is 19.3 Å². The minimum Gasteiger partial charge on any atom is -0.394 e. The summed E-state index contributed by atoms with van der Waals surface area (Å²) < 4.78 is 4.92. The molecule has 0 aromatic carbocycles. The lowest BCUT2D eigenvalue weighted by Gasteiger charge is -2.20. The van der Waals surface area contributed by atoms with Gasteiger partial charge in [0.1, 0.15) is 5.15 Å². The number of hydrogen-bond acceptors (Lipinski definition) is 4. The Bertz CT molecular complexity index is 472. The van der Waals surface area contributed by atoms with Crippen LogP contribution >= 0.6 is 11.6 Å². The fourth-order valence-electron chi connectivity index (χ4n) is 1.62. The van der Waals surface area contributed by atoms with E-state index in [9.17, 15) is 4.79 Å². The smallest absolute Gasteiger partial charge is 0.251 e. The Morgan fingerprint density at radius 1 is 1.50 bits per heavy atom. The Hall–Kier alpha value is -1.17. The minimum atomic E-state index is -0.447. The first-order chi connectivity index (χ1) is 9.27. The molecule has 0 aliphatic rings. The maximum atomic E-state index is 12.2. The van der Waals surface area contributed by atoms with Crippen LogP contribution in [0.15, 0.2) is 12.1 Å². The van der Waals surface area contributed by atoms with Gasteiger partial charge in [-0.1, -0.05) is 32.4 Å². The van der Waals surface area contributed by atoms with E-state index in [-0.39, 0.29) is 29.7 Å². The number of methoxy groups -OCH3 is 1. The van der Waals surface area contributed by atoms with Gasteiger partial charge in [-0.15, -0.1) is 0 Å².